The van der Waals surface area contributed by atoms with E-state index in [0.29, 0.717) is 24.4 Å². The highest BCUT2D eigenvalue weighted by molar-refractivity contribution is 6.07. The summed E-state index contributed by atoms with van der Waals surface area (Å²) < 4.78 is 5.30. The second-order valence-electron chi connectivity index (χ2n) is 6.79. The SMILES string of the molecule is COC1CC(C(=O)O)N(C(=O)c2cc(C3CC3)nc3ccccc23)C1. The van der Waals surface area contributed by atoms with E-state index in [1.807, 2.05) is 30.3 Å². The van der Waals surface area contributed by atoms with E-state index in [2.05, 4.69) is 4.98 Å². The van der Waals surface area contributed by atoms with Crippen molar-refractivity contribution in [1.29, 1.82) is 0 Å². The zero-order valence-electron chi connectivity index (χ0n) is 14.0. The van der Waals surface area contributed by atoms with Crippen molar-refractivity contribution in [3.63, 3.8) is 0 Å². The normalized spacial score (nSPS) is 23.2. The minimum atomic E-state index is -0.992. The Labute approximate surface area is 145 Å². The molecule has 2 heterocycles. The van der Waals surface area contributed by atoms with Crippen molar-refractivity contribution < 1.29 is 19.4 Å². The number of nitrogens with zero attached hydrogens (tertiary/aromatic N) is 2. The first-order valence-electron chi connectivity index (χ1n) is 8.54. The molecule has 6 nitrogen and oxygen atoms in total. The van der Waals surface area contributed by atoms with Crippen LogP contribution in [0.1, 0.15) is 41.2 Å². The molecular formula is C19H20N2O4. The minimum Gasteiger partial charge on any atom is -0.480 e. The van der Waals surface area contributed by atoms with Gasteiger partial charge in [0.05, 0.1) is 17.2 Å². The fraction of sp³-hybridized carbons (Fsp3) is 0.421. The zero-order chi connectivity index (χ0) is 17.6. The van der Waals surface area contributed by atoms with E-state index < -0.39 is 12.0 Å². The van der Waals surface area contributed by atoms with Crippen molar-refractivity contribution in [2.75, 3.05) is 13.7 Å². The summed E-state index contributed by atoms with van der Waals surface area (Å²) in [4.78, 5) is 30.9. The van der Waals surface area contributed by atoms with Gasteiger partial charge in [0, 0.05) is 37.1 Å². The molecule has 6 heteroatoms. The lowest BCUT2D eigenvalue weighted by atomic mass is 10.0. The first-order valence-corrected chi connectivity index (χ1v) is 8.54. The molecule has 1 aromatic heterocycles. The number of aliphatic carboxylic acids is 1. The van der Waals surface area contributed by atoms with Gasteiger partial charge in [0.15, 0.2) is 0 Å². The summed E-state index contributed by atoms with van der Waals surface area (Å²) in [5, 5.41) is 10.3. The highest BCUT2D eigenvalue weighted by Gasteiger charge is 2.40. The van der Waals surface area contributed by atoms with Crippen molar-refractivity contribution in [2.24, 2.45) is 0 Å². The Morgan fingerprint density at radius 1 is 1.28 bits per heavy atom. The van der Waals surface area contributed by atoms with Crippen LogP contribution in [0, 0.1) is 0 Å². The van der Waals surface area contributed by atoms with Gasteiger partial charge in [-0.3, -0.25) is 9.78 Å². The predicted octanol–water partition coefficient (Wildman–Crippen LogP) is 2.43. The maximum Gasteiger partial charge on any atom is 0.326 e. The Hall–Kier alpha value is -2.47. The number of hydrogen-bond acceptors (Lipinski definition) is 4. The molecule has 2 aliphatic rings. The van der Waals surface area contributed by atoms with Crippen LogP contribution in [0.25, 0.3) is 10.9 Å². The van der Waals surface area contributed by atoms with Gasteiger partial charge in [-0.15, -0.1) is 0 Å². The Morgan fingerprint density at radius 2 is 2.04 bits per heavy atom. The van der Waals surface area contributed by atoms with E-state index in [-0.39, 0.29) is 12.0 Å². The quantitative estimate of drug-likeness (QED) is 0.925. The van der Waals surface area contributed by atoms with Gasteiger partial charge >= 0.3 is 5.97 Å². The van der Waals surface area contributed by atoms with Gasteiger partial charge in [-0.1, -0.05) is 18.2 Å². The number of hydrogen-bond donors (Lipinski definition) is 1. The Balaban J connectivity index is 1.77. The molecule has 4 rings (SSSR count). The van der Waals surface area contributed by atoms with Crippen LogP contribution in [0.5, 0.6) is 0 Å². The van der Waals surface area contributed by atoms with Crippen LogP contribution in [0.2, 0.25) is 0 Å². The van der Waals surface area contributed by atoms with E-state index in [9.17, 15) is 14.7 Å². The van der Waals surface area contributed by atoms with Crippen LogP contribution in [-0.4, -0.2) is 52.7 Å². The predicted molar refractivity (Wildman–Crippen MR) is 91.6 cm³/mol. The van der Waals surface area contributed by atoms with Gasteiger partial charge in [-0.25, -0.2) is 4.79 Å². The number of likely N-dealkylation sites (tertiary alicyclic amines) is 1. The van der Waals surface area contributed by atoms with Gasteiger partial charge in [0.2, 0.25) is 0 Å². The van der Waals surface area contributed by atoms with Gasteiger partial charge in [0.25, 0.3) is 5.91 Å². The summed E-state index contributed by atoms with van der Waals surface area (Å²) in [6.45, 7) is 0.293. The fourth-order valence-electron chi connectivity index (χ4n) is 3.54. The topological polar surface area (TPSA) is 79.7 Å². The number of ether oxygens (including phenoxy) is 1. The van der Waals surface area contributed by atoms with E-state index in [1.165, 1.54) is 4.90 Å². The zero-order valence-corrected chi connectivity index (χ0v) is 14.0. The third kappa shape index (κ3) is 2.87. The number of carboxylic acid groups (broad SMARTS) is 1. The number of aromatic nitrogens is 1. The van der Waals surface area contributed by atoms with Crippen molar-refractivity contribution in [3.05, 3.63) is 41.6 Å². The summed E-state index contributed by atoms with van der Waals surface area (Å²) in [5.74, 6) is -0.835. The monoisotopic (exact) mass is 340 g/mol. The van der Waals surface area contributed by atoms with Crippen molar-refractivity contribution >= 4 is 22.8 Å². The number of fused-ring (bicyclic) bond motifs is 1. The molecular weight excluding hydrogens is 320 g/mol. The highest BCUT2D eigenvalue weighted by Crippen LogP contribution is 2.40. The van der Waals surface area contributed by atoms with Gasteiger partial charge < -0.3 is 14.7 Å². The first kappa shape index (κ1) is 16.0. The van der Waals surface area contributed by atoms with E-state index in [4.69, 9.17) is 4.74 Å². The smallest absolute Gasteiger partial charge is 0.326 e. The maximum atomic E-state index is 13.2. The van der Waals surface area contributed by atoms with Gasteiger partial charge in [-0.05, 0) is 25.0 Å². The van der Waals surface area contributed by atoms with Gasteiger partial charge in [-0.2, -0.15) is 0 Å². The third-order valence-electron chi connectivity index (χ3n) is 5.10. The standard InChI is InChI=1S/C19H20N2O4/c1-25-12-8-17(19(23)24)21(10-12)18(22)14-9-16(11-6-7-11)20-15-5-3-2-4-13(14)15/h2-5,9,11-12,17H,6-8,10H2,1H3,(H,23,24). The molecule has 1 saturated heterocycles. The lowest BCUT2D eigenvalue weighted by Gasteiger charge is -2.22. The van der Waals surface area contributed by atoms with Crippen LogP contribution in [-0.2, 0) is 9.53 Å². The van der Waals surface area contributed by atoms with Crippen molar-refractivity contribution in [1.82, 2.24) is 9.88 Å². The second kappa shape index (κ2) is 6.11. The number of benzene rings is 1. The molecule has 1 aliphatic heterocycles. The largest absolute Gasteiger partial charge is 0.480 e. The summed E-state index contributed by atoms with van der Waals surface area (Å²) in [5.41, 5.74) is 2.25. The minimum absolute atomic E-state index is 0.249. The Morgan fingerprint density at radius 3 is 2.72 bits per heavy atom. The van der Waals surface area contributed by atoms with Crippen LogP contribution < -0.4 is 0 Å². The molecule has 2 fully saturated rings. The third-order valence-corrected chi connectivity index (χ3v) is 5.10. The number of amides is 1. The summed E-state index contributed by atoms with van der Waals surface area (Å²) in [6.07, 6.45) is 2.25. The van der Waals surface area contributed by atoms with Crippen molar-refractivity contribution in [2.45, 2.75) is 37.3 Å². The number of carbonyl (C=O) groups excluding carboxylic acids is 1. The molecule has 1 saturated carbocycles. The van der Waals surface area contributed by atoms with Gasteiger partial charge in [0.1, 0.15) is 6.04 Å². The summed E-state index contributed by atoms with van der Waals surface area (Å²) in [6, 6.07) is 8.53. The molecule has 25 heavy (non-hydrogen) atoms. The fourth-order valence-corrected chi connectivity index (χ4v) is 3.54. The summed E-state index contributed by atoms with van der Waals surface area (Å²) in [7, 11) is 1.55. The molecule has 2 aromatic rings. The number of carboxylic acids is 1. The van der Waals surface area contributed by atoms with E-state index >= 15 is 0 Å². The summed E-state index contributed by atoms with van der Waals surface area (Å²) >= 11 is 0. The highest BCUT2D eigenvalue weighted by atomic mass is 16.5. The molecule has 2 unspecified atom stereocenters. The molecule has 0 bridgehead atoms. The lowest BCUT2D eigenvalue weighted by molar-refractivity contribution is -0.141. The number of para-hydroxylation sites is 1. The average Bonchev–Trinajstić information content (AvgIpc) is 3.38. The molecule has 1 N–H and O–H groups in total. The molecule has 1 aromatic carbocycles. The van der Waals surface area contributed by atoms with Crippen molar-refractivity contribution in [3.8, 4) is 0 Å². The Kier molecular flexibility index (Phi) is 3.92. The number of pyridine rings is 1. The average molecular weight is 340 g/mol. The van der Waals surface area contributed by atoms with Crippen LogP contribution in [0.4, 0.5) is 0 Å². The second-order valence-corrected chi connectivity index (χ2v) is 6.79. The molecule has 2 atom stereocenters. The van der Waals surface area contributed by atoms with Crippen LogP contribution in [0.3, 0.4) is 0 Å². The number of methoxy groups -OCH3 is 1. The molecule has 1 amide bonds. The number of carbonyl (C=O) groups is 2. The maximum absolute atomic E-state index is 13.2. The molecule has 1 aliphatic carbocycles. The van der Waals surface area contributed by atoms with Crippen LogP contribution in [0.15, 0.2) is 30.3 Å². The molecule has 0 spiro atoms. The van der Waals surface area contributed by atoms with Crippen LogP contribution >= 0.6 is 0 Å². The number of rotatable bonds is 4. The van der Waals surface area contributed by atoms with E-state index in [1.54, 1.807) is 7.11 Å². The lowest BCUT2D eigenvalue weighted by Crippen LogP contribution is -2.40. The molecule has 130 valence electrons. The molecule has 0 radical (unpaired) electrons. The Bertz CT molecular complexity index is 846. The first-order chi connectivity index (χ1) is 12.1. The van der Waals surface area contributed by atoms with E-state index in [0.717, 1.165) is 29.4 Å².